The highest BCUT2D eigenvalue weighted by Gasteiger charge is 2.17. The number of nitrogens with zero attached hydrogens (tertiary/aromatic N) is 2. The zero-order valence-corrected chi connectivity index (χ0v) is 16.5. The highest BCUT2D eigenvalue weighted by atomic mass is 16.5. The molecule has 0 fully saturated rings. The van der Waals surface area contributed by atoms with Crippen LogP contribution in [0.5, 0.6) is 0 Å². The number of nitrogens with two attached hydrogens (primary N) is 1. The summed E-state index contributed by atoms with van der Waals surface area (Å²) in [6.45, 7) is 4.60. The third-order valence-electron chi connectivity index (χ3n) is 4.61. The summed E-state index contributed by atoms with van der Waals surface area (Å²) in [6.07, 6.45) is 1.37. The first kappa shape index (κ1) is 20.1. The predicted octanol–water partition coefficient (Wildman–Crippen LogP) is 3.16. The van der Waals surface area contributed by atoms with E-state index in [0.717, 1.165) is 0 Å². The number of carbonyl (C=O) groups excluding carboxylic acids is 2. The fourth-order valence-corrected chi connectivity index (χ4v) is 2.93. The zero-order chi connectivity index (χ0) is 20.8. The molecule has 3 rings (SSSR count). The third-order valence-corrected chi connectivity index (χ3v) is 4.61. The summed E-state index contributed by atoms with van der Waals surface area (Å²) >= 11 is 0. The summed E-state index contributed by atoms with van der Waals surface area (Å²) in [5.74, 6) is -0.262. The van der Waals surface area contributed by atoms with Gasteiger partial charge in [-0.2, -0.15) is 5.10 Å². The number of hydrogen-bond donors (Lipinski definition) is 2. The average Bonchev–Trinajstić information content (AvgIpc) is 3.14. The zero-order valence-electron chi connectivity index (χ0n) is 16.5. The Labute approximate surface area is 169 Å². The van der Waals surface area contributed by atoms with E-state index in [4.69, 9.17) is 10.5 Å². The Morgan fingerprint density at radius 1 is 1.14 bits per heavy atom. The van der Waals surface area contributed by atoms with Crippen molar-refractivity contribution < 1.29 is 14.3 Å². The number of aromatic nitrogens is 2. The van der Waals surface area contributed by atoms with Crippen LogP contribution in [0, 0.1) is 0 Å². The van der Waals surface area contributed by atoms with Crippen molar-refractivity contribution in [3.63, 3.8) is 0 Å². The van der Waals surface area contributed by atoms with Crippen LogP contribution < -0.4 is 11.1 Å². The van der Waals surface area contributed by atoms with Crippen molar-refractivity contribution in [2.24, 2.45) is 0 Å². The van der Waals surface area contributed by atoms with E-state index in [1.807, 2.05) is 30.3 Å². The van der Waals surface area contributed by atoms with Crippen LogP contribution in [-0.2, 0) is 4.74 Å². The number of anilines is 1. The van der Waals surface area contributed by atoms with Crippen LogP contribution in [0.3, 0.4) is 0 Å². The molecule has 2 aromatic carbocycles. The number of nitrogens with one attached hydrogen (secondary N) is 1. The minimum absolute atomic E-state index is 0.153. The normalized spacial score (nSPS) is 11.7. The Bertz CT molecular complexity index is 981. The van der Waals surface area contributed by atoms with E-state index < -0.39 is 5.97 Å². The van der Waals surface area contributed by atoms with Crippen molar-refractivity contribution in [2.75, 3.05) is 18.9 Å². The second-order valence-corrected chi connectivity index (χ2v) is 6.64. The highest BCUT2D eigenvalue weighted by molar-refractivity contribution is 5.95. The van der Waals surface area contributed by atoms with Crippen LogP contribution in [-0.4, -0.2) is 34.8 Å². The summed E-state index contributed by atoms with van der Waals surface area (Å²) in [4.78, 5) is 24.3. The molecule has 1 unspecified atom stereocenters. The van der Waals surface area contributed by atoms with Gasteiger partial charge in [-0.3, -0.25) is 4.79 Å². The second kappa shape index (κ2) is 9.05. The molecule has 7 heteroatoms. The Morgan fingerprint density at radius 2 is 1.83 bits per heavy atom. The molecule has 0 bridgehead atoms. The van der Waals surface area contributed by atoms with E-state index in [1.165, 1.54) is 16.4 Å². The Kier molecular flexibility index (Phi) is 6.29. The molecule has 1 heterocycles. The molecule has 0 aliphatic heterocycles. The monoisotopic (exact) mass is 392 g/mol. The van der Waals surface area contributed by atoms with Gasteiger partial charge in [-0.1, -0.05) is 37.3 Å². The summed E-state index contributed by atoms with van der Waals surface area (Å²) in [6, 6.07) is 16.9. The SMILES string of the molecule is CCOC(=O)c1cnn(-c2ccc(C(=O)NCC(C)c3ccccc3)cc2)c1N. The number of amides is 1. The summed E-state index contributed by atoms with van der Waals surface area (Å²) < 4.78 is 6.40. The average molecular weight is 392 g/mol. The van der Waals surface area contributed by atoms with Gasteiger partial charge in [0.1, 0.15) is 11.4 Å². The second-order valence-electron chi connectivity index (χ2n) is 6.64. The van der Waals surface area contributed by atoms with Gasteiger partial charge in [0.15, 0.2) is 0 Å². The fourth-order valence-electron chi connectivity index (χ4n) is 2.93. The molecule has 0 aliphatic rings. The number of rotatable bonds is 7. The number of esters is 1. The molecular formula is C22H24N4O3. The van der Waals surface area contributed by atoms with E-state index in [9.17, 15) is 9.59 Å². The van der Waals surface area contributed by atoms with Gasteiger partial charge in [-0.15, -0.1) is 0 Å². The van der Waals surface area contributed by atoms with Crippen LogP contribution in [0.1, 0.15) is 46.0 Å². The lowest BCUT2D eigenvalue weighted by atomic mass is 10.0. The molecule has 1 atom stereocenters. The van der Waals surface area contributed by atoms with Crippen LogP contribution in [0.25, 0.3) is 5.69 Å². The van der Waals surface area contributed by atoms with Crippen molar-refractivity contribution in [2.45, 2.75) is 19.8 Å². The van der Waals surface area contributed by atoms with E-state index in [2.05, 4.69) is 17.3 Å². The van der Waals surface area contributed by atoms with Crippen molar-refractivity contribution in [1.29, 1.82) is 0 Å². The maximum Gasteiger partial charge on any atom is 0.343 e. The summed E-state index contributed by atoms with van der Waals surface area (Å²) in [5, 5.41) is 7.10. The van der Waals surface area contributed by atoms with Crippen LogP contribution in [0.15, 0.2) is 60.8 Å². The molecule has 3 N–H and O–H groups in total. The summed E-state index contributed by atoms with van der Waals surface area (Å²) in [7, 11) is 0. The van der Waals surface area contributed by atoms with E-state index >= 15 is 0 Å². The topological polar surface area (TPSA) is 99.2 Å². The largest absolute Gasteiger partial charge is 0.462 e. The van der Waals surface area contributed by atoms with E-state index in [0.29, 0.717) is 17.8 Å². The Morgan fingerprint density at radius 3 is 2.48 bits per heavy atom. The highest BCUT2D eigenvalue weighted by Crippen LogP contribution is 2.19. The van der Waals surface area contributed by atoms with Gasteiger partial charge in [-0.05, 0) is 42.7 Å². The van der Waals surface area contributed by atoms with Crippen LogP contribution in [0.2, 0.25) is 0 Å². The van der Waals surface area contributed by atoms with Gasteiger partial charge >= 0.3 is 5.97 Å². The molecule has 1 amide bonds. The molecule has 29 heavy (non-hydrogen) atoms. The van der Waals surface area contributed by atoms with E-state index in [1.54, 1.807) is 31.2 Å². The molecular weight excluding hydrogens is 368 g/mol. The number of hydrogen-bond acceptors (Lipinski definition) is 5. The number of nitrogen functional groups attached to an aromatic ring is 1. The summed E-state index contributed by atoms with van der Waals surface area (Å²) in [5.41, 5.74) is 8.59. The first-order chi connectivity index (χ1) is 14.0. The minimum atomic E-state index is -0.514. The lowest BCUT2D eigenvalue weighted by Crippen LogP contribution is -2.27. The van der Waals surface area contributed by atoms with Crippen molar-refractivity contribution >= 4 is 17.7 Å². The molecule has 0 spiro atoms. The lowest BCUT2D eigenvalue weighted by Gasteiger charge is -2.13. The van der Waals surface area contributed by atoms with Gasteiger partial charge in [0, 0.05) is 12.1 Å². The smallest absolute Gasteiger partial charge is 0.343 e. The lowest BCUT2D eigenvalue weighted by molar-refractivity contribution is 0.0527. The number of ether oxygens (including phenoxy) is 1. The maximum absolute atomic E-state index is 12.4. The maximum atomic E-state index is 12.4. The molecule has 0 radical (unpaired) electrons. The first-order valence-corrected chi connectivity index (χ1v) is 9.45. The molecule has 1 aromatic heterocycles. The fraction of sp³-hybridized carbons (Fsp3) is 0.227. The Balaban J connectivity index is 1.66. The van der Waals surface area contributed by atoms with Gasteiger partial charge < -0.3 is 15.8 Å². The van der Waals surface area contributed by atoms with Crippen molar-refractivity contribution in [3.05, 3.63) is 77.5 Å². The first-order valence-electron chi connectivity index (χ1n) is 9.45. The van der Waals surface area contributed by atoms with Crippen LogP contribution >= 0.6 is 0 Å². The van der Waals surface area contributed by atoms with Gasteiger partial charge in [0.2, 0.25) is 0 Å². The Hall–Kier alpha value is -3.61. The molecule has 0 aliphatic carbocycles. The third kappa shape index (κ3) is 4.63. The quantitative estimate of drug-likeness (QED) is 0.602. The number of benzene rings is 2. The van der Waals surface area contributed by atoms with Gasteiger partial charge in [0.25, 0.3) is 5.91 Å². The van der Waals surface area contributed by atoms with Gasteiger partial charge in [-0.25, -0.2) is 9.48 Å². The molecule has 150 valence electrons. The number of carbonyl (C=O) groups is 2. The molecule has 7 nitrogen and oxygen atoms in total. The standard InChI is InChI=1S/C22H24N4O3/c1-3-29-22(28)19-14-25-26(20(19)23)18-11-9-17(10-12-18)21(27)24-13-15(2)16-7-5-4-6-8-16/h4-12,14-15H,3,13,23H2,1-2H3,(H,24,27). The van der Waals surface area contributed by atoms with Crippen molar-refractivity contribution in [1.82, 2.24) is 15.1 Å². The minimum Gasteiger partial charge on any atom is -0.462 e. The van der Waals surface area contributed by atoms with E-state index in [-0.39, 0.29) is 29.8 Å². The molecule has 3 aromatic rings. The molecule has 0 saturated carbocycles. The van der Waals surface area contributed by atoms with Crippen LogP contribution in [0.4, 0.5) is 5.82 Å². The predicted molar refractivity (Wildman–Crippen MR) is 111 cm³/mol. The van der Waals surface area contributed by atoms with Crippen molar-refractivity contribution in [3.8, 4) is 5.69 Å². The van der Waals surface area contributed by atoms with Gasteiger partial charge in [0.05, 0.1) is 18.5 Å². The molecule has 0 saturated heterocycles.